The van der Waals surface area contributed by atoms with Crippen molar-refractivity contribution in [1.29, 1.82) is 0 Å². The molecule has 8 rings (SSSR count). The fourth-order valence-electron chi connectivity index (χ4n) is 9.94. The number of nitrogens with zero attached hydrogens (tertiary/aromatic N) is 2. The summed E-state index contributed by atoms with van der Waals surface area (Å²) in [6.07, 6.45) is 11.4. The molecule has 4 heterocycles. The molecule has 3 aromatic carbocycles. The van der Waals surface area contributed by atoms with Gasteiger partial charge in [0, 0.05) is 43.1 Å². The number of aromatic hydroxyl groups is 2. The molecule has 3 aromatic rings. The molecule has 0 radical (unpaired) electrons. The van der Waals surface area contributed by atoms with Crippen molar-refractivity contribution in [3.63, 3.8) is 0 Å². The summed E-state index contributed by atoms with van der Waals surface area (Å²) in [6, 6.07) is 17.7. The van der Waals surface area contributed by atoms with Gasteiger partial charge in [-0.25, -0.2) is 0 Å². The van der Waals surface area contributed by atoms with Crippen LogP contribution in [0.4, 0.5) is 0 Å². The number of ether oxygens (including phenoxy) is 2. The molecule has 8 heteroatoms. The minimum absolute atomic E-state index is 0.0802. The van der Waals surface area contributed by atoms with E-state index in [-0.39, 0.29) is 24.4 Å². The standard InChI is InChI=1S/C25H32N2O2.C20H32N2O2/c1-16-6-7-21-22(25(16)28)14-23(29-24(21)15-26)17-8-10-27(11-9-17)20-12-18-4-2-3-5-19(18)13-20;1-3-4-9-22-10-7-15(8-11-22)18-12-17-16(19(13-21)24-18)6-5-14(2)20(17)23/h2-7,17,20,23-24,28H,8-15,26H2,1H3;5-6,15,18-19,23H,3-4,7-13,21H2,1-2H3/t23-,24-;18-,19-/m00/s1. The lowest BCUT2D eigenvalue weighted by molar-refractivity contribution is -0.0667. The van der Waals surface area contributed by atoms with E-state index >= 15 is 0 Å². The SMILES string of the molecule is CCCCN1CCC([C@@H]2Cc3c(ccc(C)c3O)[C@H](CN)O2)CC1.Cc1ccc2c(c1O)C[C@@H](C1CCN(C3Cc4ccccc4C3)CC1)O[C@H]2CN. The molecule has 5 aliphatic rings. The number of rotatable bonds is 8. The summed E-state index contributed by atoms with van der Waals surface area (Å²) in [7, 11) is 0. The summed E-state index contributed by atoms with van der Waals surface area (Å²) in [5.74, 6) is 2.00. The molecule has 1 aliphatic carbocycles. The zero-order chi connectivity index (χ0) is 37.1. The maximum atomic E-state index is 10.6. The van der Waals surface area contributed by atoms with E-state index in [1.807, 2.05) is 26.0 Å². The van der Waals surface area contributed by atoms with E-state index in [1.165, 1.54) is 69.3 Å². The van der Waals surface area contributed by atoms with E-state index in [1.54, 1.807) is 0 Å². The van der Waals surface area contributed by atoms with E-state index in [0.717, 1.165) is 72.2 Å². The minimum Gasteiger partial charge on any atom is -0.507 e. The van der Waals surface area contributed by atoms with Gasteiger partial charge in [-0.2, -0.15) is 0 Å². The molecule has 288 valence electrons. The molecule has 2 fully saturated rings. The molecule has 53 heavy (non-hydrogen) atoms. The van der Waals surface area contributed by atoms with Crippen LogP contribution in [0.5, 0.6) is 11.5 Å². The first kappa shape index (κ1) is 38.3. The first-order valence-corrected chi connectivity index (χ1v) is 20.6. The third-order valence-corrected chi connectivity index (χ3v) is 13.3. The maximum absolute atomic E-state index is 10.6. The number of likely N-dealkylation sites (tertiary alicyclic amines) is 2. The van der Waals surface area contributed by atoms with Crippen LogP contribution < -0.4 is 11.5 Å². The van der Waals surface area contributed by atoms with E-state index in [2.05, 4.69) is 53.1 Å². The van der Waals surface area contributed by atoms with Crippen molar-refractivity contribution in [3.05, 3.63) is 93.0 Å². The molecule has 6 N–H and O–H groups in total. The number of unbranched alkanes of at least 4 members (excludes halogenated alkanes) is 1. The number of aryl methyl sites for hydroxylation is 2. The van der Waals surface area contributed by atoms with Crippen LogP contribution in [0.2, 0.25) is 0 Å². The van der Waals surface area contributed by atoms with Crippen molar-refractivity contribution in [1.82, 2.24) is 9.80 Å². The zero-order valence-electron chi connectivity index (χ0n) is 32.4. The van der Waals surface area contributed by atoms with Gasteiger partial charge >= 0.3 is 0 Å². The smallest absolute Gasteiger partial charge is 0.122 e. The van der Waals surface area contributed by atoms with Crippen LogP contribution in [-0.2, 0) is 35.2 Å². The highest BCUT2D eigenvalue weighted by Gasteiger charge is 2.38. The van der Waals surface area contributed by atoms with Crippen LogP contribution in [0.1, 0.15) is 102 Å². The minimum atomic E-state index is -0.0994. The van der Waals surface area contributed by atoms with Crippen molar-refractivity contribution >= 4 is 0 Å². The topological polar surface area (TPSA) is 117 Å². The number of piperidine rings is 2. The Bertz CT molecular complexity index is 1660. The Morgan fingerprint density at radius 1 is 0.660 bits per heavy atom. The molecule has 4 atom stereocenters. The average Bonchev–Trinajstić information content (AvgIpc) is 3.64. The van der Waals surface area contributed by atoms with Gasteiger partial charge in [0.05, 0.1) is 24.4 Å². The van der Waals surface area contributed by atoms with Gasteiger partial charge in [0.2, 0.25) is 0 Å². The first-order valence-electron chi connectivity index (χ1n) is 20.6. The van der Waals surface area contributed by atoms with Crippen LogP contribution in [0.3, 0.4) is 0 Å². The van der Waals surface area contributed by atoms with Gasteiger partial charge in [-0.15, -0.1) is 0 Å². The van der Waals surface area contributed by atoms with Gasteiger partial charge in [-0.05, 0) is 137 Å². The van der Waals surface area contributed by atoms with Crippen molar-refractivity contribution in [2.45, 2.75) is 115 Å². The van der Waals surface area contributed by atoms with Gasteiger partial charge < -0.3 is 36.1 Å². The van der Waals surface area contributed by atoms with E-state index in [0.29, 0.717) is 42.5 Å². The summed E-state index contributed by atoms with van der Waals surface area (Å²) in [4.78, 5) is 5.27. The second-order valence-corrected chi connectivity index (χ2v) is 16.5. The van der Waals surface area contributed by atoms with Gasteiger partial charge in [0.1, 0.15) is 11.5 Å². The van der Waals surface area contributed by atoms with Crippen molar-refractivity contribution in [3.8, 4) is 11.5 Å². The van der Waals surface area contributed by atoms with E-state index < -0.39 is 0 Å². The highest BCUT2D eigenvalue weighted by Crippen LogP contribution is 2.42. The number of nitrogens with two attached hydrogens (primary N) is 2. The van der Waals surface area contributed by atoms with E-state index in [4.69, 9.17) is 20.9 Å². The Morgan fingerprint density at radius 2 is 1.13 bits per heavy atom. The molecule has 0 aromatic heterocycles. The third-order valence-electron chi connectivity index (χ3n) is 13.3. The van der Waals surface area contributed by atoms with Crippen LogP contribution >= 0.6 is 0 Å². The first-order chi connectivity index (χ1) is 25.8. The van der Waals surface area contributed by atoms with Crippen molar-refractivity contribution in [2.75, 3.05) is 45.8 Å². The Kier molecular flexibility index (Phi) is 12.4. The second-order valence-electron chi connectivity index (χ2n) is 16.5. The second kappa shape index (κ2) is 17.2. The van der Waals surface area contributed by atoms with Crippen molar-refractivity contribution in [2.24, 2.45) is 23.3 Å². The number of phenols is 2. The summed E-state index contributed by atoms with van der Waals surface area (Å²) >= 11 is 0. The lowest BCUT2D eigenvalue weighted by Gasteiger charge is -2.42. The van der Waals surface area contributed by atoms with E-state index in [9.17, 15) is 10.2 Å². The number of hydrogen-bond acceptors (Lipinski definition) is 8. The molecule has 2 saturated heterocycles. The maximum Gasteiger partial charge on any atom is 0.122 e. The zero-order valence-corrected chi connectivity index (χ0v) is 32.4. The van der Waals surface area contributed by atoms with Gasteiger partial charge in [-0.1, -0.05) is 61.9 Å². The third kappa shape index (κ3) is 8.34. The van der Waals surface area contributed by atoms with Gasteiger partial charge in [-0.3, -0.25) is 4.90 Å². The fraction of sp³-hybridized carbons (Fsp3) is 0.600. The fourth-order valence-corrected chi connectivity index (χ4v) is 9.94. The average molecular weight is 725 g/mol. The molecular formula is C45H64N4O4. The Hall–Kier alpha value is -2.98. The van der Waals surface area contributed by atoms with Crippen LogP contribution in [-0.4, -0.2) is 84.1 Å². The highest BCUT2D eigenvalue weighted by atomic mass is 16.5. The molecule has 0 spiro atoms. The predicted molar refractivity (Wildman–Crippen MR) is 212 cm³/mol. The van der Waals surface area contributed by atoms with Gasteiger partial charge in [0.25, 0.3) is 0 Å². The predicted octanol–water partition coefficient (Wildman–Crippen LogP) is 6.67. The summed E-state index contributed by atoms with van der Waals surface area (Å²) < 4.78 is 12.8. The normalized spacial score (nSPS) is 25.7. The summed E-state index contributed by atoms with van der Waals surface area (Å²) in [5, 5.41) is 21.1. The Morgan fingerprint density at radius 3 is 1.58 bits per heavy atom. The Balaban J connectivity index is 0.000000168. The lowest BCUT2D eigenvalue weighted by atomic mass is 9.82. The molecule has 8 nitrogen and oxygen atoms in total. The monoisotopic (exact) mass is 724 g/mol. The van der Waals surface area contributed by atoms with Crippen molar-refractivity contribution < 1.29 is 19.7 Å². The number of hydrogen-bond donors (Lipinski definition) is 4. The van der Waals surface area contributed by atoms with Gasteiger partial charge in [0.15, 0.2) is 0 Å². The summed E-state index contributed by atoms with van der Waals surface area (Å²) in [5.41, 5.74) is 21.2. The molecule has 0 unspecified atom stereocenters. The number of phenolic OH excluding ortho intramolecular Hbond substituents is 2. The van der Waals surface area contributed by atoms with Crippen LogP contribution in [0.25, 0.3) is 0 Å². The number of benzene rings is 3. The molecule has 4 aliphatic heterocycles. The quantitative estimate of drug-likeness (QED) is 0.204. The summed E-state index contributed by atoms with van der Waals surface area (Å²) in [6.45, 7) is 13.0. The lowest BCUT2D eigenvalue weighted by Crippen LogP contribution is -2.46. The number of fused-ring (bicyclic) bond motifs is 3. The van der Waals surface area contributed by atoms with Crippen LogP contribution in [0.15, 0.2) is 48.5 Å². The molecule has 0 amide bonds. The Labute approximate surface area is 317 Å². The highest BCUT2D eigenvalue weighted by molar-refractivity contribution is 5.48. The molecular weight excluding hydrogens is 661 g/mol. The van der Waals surface area contributed by atoms with Crippen LogP contribution in [0, 0.1) is 25.7 Å². The largest absolute Gasteiger partial charge is 0.507 e. The molecule has 0 saturated carbocycles. The molecule has 0 bridgehead atoms.